The Morgan fingerprint density at radius 3 is 2.12 bits per heavy atom. The van der Waals surface area contributed by atoms with E-state index in [1.165, 1.54) is 28.9 Å². The molecule has 3 nitrogen and oxygen atoms in total. The normalized spacial score (nSPS) is 15.4. The molecule has 4 rings (SSSR count). The number of benzene rings is 3. The fourth-order valence-corrected chi connectivity index (χ4v) is 4.52. The Balaban J connectivity index is 1.22. The van der Waals surface area contributed by atoms with Gasteiger partial charge in [-0.15, -0.1) is 0 Å². The van der Waals surface area contributed by atoms with E-state index in [0.29, 0.717) is 6.54 Å². The van der Waals surface area contributed by atoms with Crippen molar-refractivity contribution in [3.8, 4) is 5.75 Å². The summed E-state index contributed by atoms with van der Waals surface area (Å²) in [5, 5.41) is 0. The molecule has 1 saturated heterocycles. The van der Waals surface area contributed by atoms with Gasteiger partial charge >= 0.3 is 0 Å². The number of ether oxygens (including phenoxy) is 1. The summed E-state index contributed by atoms with van der Waals surface area (Å²) < 4.78 is 33.6. The first-order valence-electron chi connectivity index (χ1n) is 12.0. The van der Waals surface area contributed by atoms with Crippen molar-refractivity contribution in [3.63, 3.8) is 0 Å². The first kappa shape index (κ1) is 24.2. The van der Waals surface area contributed by atoms with Crippen LogP contribution in [0.5, 0.6) is 5.75 Å². The molecule has 0 N–H and O–H groups in total. The van der Waals surface area contributed by atoms with Crippen LogP contribution in [0.2, 0.25) is 0 Å². The van der Waals surface area contributed by atoms with Gasteiger partial charge in [0.2, 0.25) is 0 Å². The average molecular weight is 465 g/mol. The van der Waals surface area contributed by atoms with Gasteiger partial charge in [0, 0.05) is 38.4 Å². The number of piperazine rings is 1. The van der Waals surface area contributed by atoms with Crippen LogP contribution in [-0.2, 0) is 6.42 Å². The lowest BCUT2D eigenvalue weighted by Gasteiger charge is -2.36. The molecule has 3 aromatic rings. The van der Waals surface area contributed by atoms with Gasteiger partial charge in [0.1, 0.15) is 24.3 Å². The predicted molar refractivity (Wildman–Crippen MR) is 135 cm³/mol. The number of hydrogen-bond acceptors (Lipinski definition) is 3. The van der Waals surface area contributed by atoms with Crippen molar-refractivity contribution in [1.29, 1.82) is 0 Å². The van der Waals surface area contributed by atoms with E-state index in [-0.39, 0.29) is 12.4 Å². The minimum atomic E-state index is -1.02. The first-order chi connectivity index (χ1) is 16.4. The van der Waals surface area contributed by atoms with Crippen molar-refractivity contribution in [1.82, 2.24) is 4.90 Å². The first-order valence-corrected chi connectivity index (χ1v) is 12.0. The summed E-state index contributed by atoms with van der Waals surface area (Å²) in [7, 11) is 0. The van der Waals surface area contributed by atoms with Crippen LogP contribution >= 0.6 is 0 Å². The molecule has 1 atom stereocenters. The van der Waals surface area contributed by atoms with Crippen LogP contribution in [0.3, 0.4) is 0 Å². The second-order valence-electron chi connectivity index (χ2n) is 9.37. The molecule has 1 unspecified atom stereocenters. The van der Waals surface area contributed by atoms with Gasteiger partial charge in [0.05, 0.1) is 0 Å². The van der Waals surface area contributed by atoms with E-state index in [0.717, 1.165) is 55.0 Å². The molecule has 0 saturated carbocycles. The molecule has 180 valence electrons. The highest BCUT2D eigenvalue weighted by atomic mass is 19.1. The van der Waals surface area contributed by atoms with Crippen LogP contribution in [-0.4, -0.2) is 50.4 Å². The molecule has 0 aliphatic carbocycles. The van der Waals surface area contributed by atoms with Gasteiger partial charge < -0.3 is 9.64 Å². The lowest BCUT2D eigenvalue weighted by Crippen LogP contribution is -2.48. The molecule has 0 aromatic heterocycles. The van der Waals surface area contributed by atoms with Gasteiger partial charge in [0.25, 0.3) is 0 Å². The zero-order valence-corrected chi connectivity index (χ0v) is 20.4. The van der Waals surface area contributed by atoms with E-state index in [1.54, 1.807) is 0 Å². The van der Waals surface area contributed by atoms with Crippen LogP contribution in [0.15, 0.2) is 60.7 Å². The minimum absolute atomic E-state index is 0.0828. The smallest absolute Gasteiger partial charge is 0.147 e. The van der Waals surface area contributed by atoms with Crippen molar-refractivity contribution in [2.45, 2.75) is 33.4 Å². The molecule has 1 aliphatic rings. The SMILES string of the molecule is Cc1cc(C)c(C)c(OCC(F)CN2CCN(c3ccc(Cc4ccc(F)cc4)cc3)CC2)c1. The van der Waals surface area contributed by atoms with E-state index >= 15 is 0 Å². The fraction of sp³-hybridized carbons (Fsp3) is 0.379. The topological polar surface area (TPSA) is 15.7 Å². The molecule has 34 heavy (non-hydrogen) atoms. The molecule has 0 spiro atoms. The molecule has 1 aliphatic heterocycles. The number of nitrogens with zero attached hydrogens (tertiary/aromatic N) is 2. The lowest BCUT2D eigenvalue weighted by atomic mass is 10.0. The monoisotopic (exact) mass is 464 g/mol. The third-order valence-electron chi connectivity index (χ3n) is 6.64. The number of alkyl halides is 1. The zero-order chi connectivity index (χ0) is 24.1. The predicted octanol–water partition coefficient (Wildman–Crippen LogP) is 5.88. The van der Waals surface area contributed by atoms with Gasteiger partial charge in [-0.05, 0) is 85.3 Å². The number of halogens is 2. The summed E-state index contributed by atoms with van der Waals surface area (Å²) in [5.41, 5.74) is 6.87. The highest BCUT2D eigenvalue weighted by molar-refractivity contribution is 5.48. The quantitative estimate of drug-likeness (QED) is 0.414. The molecule has 5 heteroatoms. The van der Waals surface area contributed by atoms with Crippen LogP contribution in [0.4, 0.5) is 14.5 Å². The van der Waals surface area contributed by atoms with E-state index in [4.69, 9.17) is 4.74 Å². The maximum absolute atomic E-state index is 14.7. The van der Waals surface area contributed by atoms with Gasteiger partial charge in [-0.25, -0.2) is 8.78 Å². The molecular formula is C29H34F2N2O. The Kier molecular flexibility index (Phi) is 7.84. The van der Waals surface area contributed by atoms with Crippen molar-refractivity contribution in [2.24, 2.45) is 0 Å². The summed E-state index contributed by atoms with van der Waals surface area (Å²) in [5.74, 6) is 0.578. The summed E-state index contributed by atoms with van der Waals surface area (Å²) in [6.07, 6.45) is -0.229. The second kappa shape index (κ2) is 11.0. The highest BCUT2D eigenvalue weighted by Crippen LogP contribution is 2.24. The van der Waals surface area contributed by atoms with Crippen LogP contribution in [0.25, 0.3) is 0 Å². The summed E-state index contributed by atoms with van der Waals surface area (Å²) >= 11 is 0. The number of hydrogen-bond donors (Lipinski definition) is 0. The fourth-order valence-electron chi connectivity index (χ4n) is 4.52. The van der Waals surface area contributed by atoms with Gasteiger partial charge in [-0.3, -0.25) is 4.90 Å². The van der Waals surface area contributed by atoms with E-state index in [1.807, 2.05) is 32.0 Å². The standard InChI is InChI=1S/C29H34F2N2O/c1-21-16-22(2)23(3)29(17-21)34-20-27(31)19-32-12-14-33(15-13-32)28-10-6-25(7-11-28)18-24-4-8-26(30)9-5-24/h4-11,16-17,27H,12-15,18-20H2,1-3H3. The van der Waals surface area contributed by atoms with Gasteiger partial charge in [0.15, 0.2) is 0 Å². The van der Waals surface area contributed by atoms with Gasteiger partial charge in [-0.1, -0.05) is 30.3 Å². The highest BCUT2D eigenvalue weighted by Gasteiger charge is 2.21. The van der Waals surface area contributed by atoms with Crippen molar-refractivity contribution >= 4 is 5.69 Å². The summed E-state index contributed by atoms with van der Waals surface area (Å²) in [4.78, 5) is 4.53. The van der Waals surface area contributed by atoms with E-state index < -0.39 is 6.17 Å². The second-order valence-corrected chi connectivity index (χ2v) is 9.37. The molecule has 3 aromatic carbocycles. The number of anilines is 1. The van der Waals surface area contributed by atoms with Gasteiger partial charge in [-0.2, -0.15) is 0 Å². The molecule has 1 heterocycles. The van der Waals surface area contributed by atoms with Crippen molar-refractivity contribution < 1.29 is 13.5 Å². The van der Waals surface area contributed by atoms with E-state index in [9.17, 15) is 8.78 Å². The van der Waals surface area contributed by atoms with Crippen LogP contribution in [0, 0.1) is 26.6 Å². The number of rotatable bonds is 8. The molecule has 0 radical (unpaired) electrons. The Morgan fingerprint density at radius 1 is 0.853 bits per heavy atom. The zero-order valence-electron chi connectivity index (χ0n) is 20.4. The van der Waals surface area contributed by atoms with Crippen LogP contribution in [0.1, 0.15) is 27.8 Å². The summed E-state index contributed by atoms with van der Waals surface area (Å²) in [6, 6.07) is 19.3. The Morgan fingerprint density at radius 2 is 1.47 bits per heavy atom. The molecule has 1 fully saturated rings. The summed E-state index contributed by atoms with van der Waals surface area (Å²) in [6.45, 7) is 10.0. The Labute approximate surface area is 202 Å². The molecule has 0 bridgehead atoms. The Hall–Kier alpha value is -2.92. The van der Waals surface area contributed by atoms with Crippen LogP contribution < -0.4 is 9.64 Å². The van der Waals surface area contributed by atoms with E-state index in [2.05, 4.69) is 47.1 Å². The van der Waals surface area contributed by atoms with Crippen molar-refractivity contribution in [3.05, 3.63) is 94.3 Å². The molecule has 0 amide bonds. The average Bonchev–Trinajstić information content (AvgIpc) is 2.83. The largest absolute Gasteiger partial charge is 0.490 e. The lowest BCUT2D eigenvalue weighted by molar-refractivity contribution is 0.133. The maximum atomic E-state index is 14.7. The molecular weight excluding hydrogens is 430 g/mol. The minimum Gasteiger partial charge on any atom is -0.490 e. The Bertz CT molecular complexity index is 1070. The third-order valence-corrected chi connectivity index (χ3v) is 6.64. The van der Waals surface area contributed by atoms with Crippen molar-refractivity contribution in [2.75, 3.05) is 44.2 Å². The number of aryl methyl sites for hydroxylation is 2. The third kappa shape index (κ3) is 6.35. The maximum Gasteiger partial charge on any atom is 0.147 e.